The molecule has 200 valence electrons. The number of nitrogens with zero attached hydrogens (tertiary/aromatic N) is 5. The number of piperidine rings is 1. The van der Waals surface area contributed by atoms with E-state index in [1.807, 2.05) is 38.7 Å². The molecule has 2 fully saturated rings. The Hall–Kier alpha value is -2.88. The predicted octanol–water partition coefficient (Wildman–Crippen LogP) is 6.84. The van der Waals surface area contributed by atoms with Crippen molar-refractivity contribution in [3.63, 3.8) is 0 Å². The van der Waals surface area contributed by atoms with E-state index in [1.54, 1.807) is 13.8 Å². The minimum atomic E-state index is -4.40. The van der Waals surface area contributed by atoms with E-state index in [-0.39, 0.29) is 17.0 Å². The van der Waals surface area contributed by atoms with E-state index in [2.05, 4.69) is 10.1 Å². The molecule has 5 rings (SSSR count). The average molecular weight is 538 g/mol. The van der Waals surface area contributed by atoms with Crippen molar-refractivity contribution in [2.75, 3.05) is 18.0 Å². The number of aromatic nitrogens is 3. The van der Waals surface area contributed by atoms with Crippen molar-refractivity contribution >= 4 is 29.0 Å². The van der Waals surface area contributed by atoms with E-state index >= 15 is 0 Å². The molecule has 2 aliphatic heterocycles. The summed E-state index contributed by atoms with van der Waals surface area (Å²) < 4.78 is 55.7. The van der Waals surface area contributed by atoms with Gasteiger partial charge in [-0.3, -0.25) is 8.37 Å². The van der Waals surface area contributed by atoms with Crippen LogP contribution in [-0.4, -0.2) is 40.2 Å². The molecule has 0 bridgehead atoms. The summed E-state index contributed by atoms with van der Waals surface area (Å²) in [5.74, 6) is 0.579. The maximum Gasteiger partial charge on any atom is 0.393 e. The Bertz CT molecular complexity index is 1280. The molecule has 37 heavy (non-hydrogen) atoms. The van der Waals surface area contributed by atoms with Gasteiger partial charge in [0.1, 0.15) is 11.9 Å². The van der Waals surface area contributed by atoms with Gasteiger partial charge >= 0.3 is 6.18 Å². The Morgan fingerprint density at radius 3 is 2.22 bits per heavy atom. The highest BCUT2D eigenvalue weighted by molar-refractivity contribution is 7.90. The molecule has 2 aliphatic rings. The zero-order chi connectivity index (χ0) is 27.4. The van der Waals surface area contributed by atoms with E-state index in [1.165, 1.54) is 12.1 Å². The highest BCUT2D eigenvalue weighted by Crippen LogP contribution is 2.46. The number of alkyl halides is 3. The maximum atomic E-state index is 13.1. The number of anilines is 1. The molecule has 2 saturated heterocycles. The van der Waals surface area contributed by atoms with Crippen LogP contribution in [0.1, 0.15) is 63.1 Å². The molecule has 1 aromatic carbocycles. The van der Waals surface area contributed by atoms with Crippen molar-refractivity contribution in [1.29, 1.82) is 5.26 Å². The number of nitriles is 1. The Morgan fingerprint density at radius 1 is 1.08 bits per heavy atom. The molecule has 2 aromatic heterocycles. The number of aryl methyl sites for hydroxylation is 2. The van der Waals surface area contributed by atoms with Crippen molar-refractivity contribution in [1.82, 2.24) is 15.1 Å². The Labute approximate surface area is 218 Å². The smallest absolute Gasteiger partial charge is 0.356 e. The highest BCUT2D eigenvalue weighted by atomic mass is 32.2. The molecule has 3 aromatic rings. The Kier molecular flexibility index (Phi) is 9.05. The van der Waals surface area contributed by atoms with E-state index in [9.17, 15) is 18.4 Å². The minimum absolute atomic E-state index is 0.00597. The lowest BCUT2D eigenvalue weighted by atomic mass is 9.96. The van der Waals surface area contributed by atoms with E-state index in [4.69, 9.17) is 17.9 Å². The summed E-state index contributed by atoms with van der Waals surface area (Å²) in [5, 5.41) is 14.0. The van der Waals surface area contributed by atoms with E-state index in [0.717, 1.165) is 12.3 Å². The van der Waals surface area contributed by atoms with Crippen LogP contribution in [-0.2, 0) is 14.8 Å². The van der Waals surface area contributed by atoms with Gasteiger partial charge < -0.3 is 9.42 Å². The maximum absolute atomic E-state index is 13.1. The summed E-state index contributed by atoms with van der Waals surface area (Å²) in [6.45, 7) is 12.6. The van der Waals surface area contributed by atoms with Crippen LogP contribution >= 0.6 is 12.3 Å². The van der Waals surface area contributed by atoms with Crippen molar-refractivity contribution in [3.8, 4) is 17.5 Å². The molecule has 0 atom stereocenters. The van der Waals surface area contributed by atoms with Gasteiger partial charge in [0, 0.05) is 31.3 Å². The van der Waals surface area contributed by atoms with E-state index in [0.29, 0.717) is 59.6 Å². The first-order valence-corrected chi connectivity index (χ1v) is 12.9. The van der Waals surface area contributed by atoms with E-state index < -0.39 is 18.4 Å². The topological polar surface area (TPSA) is 97.3 Å². The minimum Gasteiger partial charge on any atom is -0.356 e. The molecular formula is C25H30F3N5O3S. The van der Waals surface area contributed by atoms with Crippen LogP contribution in [0.5, 0.6) is 0 Å². The summed E-state index contributed by atoms with van der Waals surface area (Å²) in [6, 6.07) is 4.69. The summed E-state index contributed by atoms with van der Waals surface area (Å²) in [6.07, 6.45) is -4.32. The van der Waals surface area contributed by atoms with Gasteiger partial charge in [0.25, 0.3) is 5.89 Å². The third-order valence-corrected chi connectivity index (χ3v) is 6.60. The van der Waals surface area contributed by atoms with Crippen LogP contribution < -0.4 is 4.90 Å². The quantitative estimate of drug-likeness (QED) is 0.333. The number of hydrogen-bond acceptors (Lipinski definition) is 9. The van der Waals surface area contributed by atoms with Gasteiger partial charge in [0.15, 0.2) is 18.1 Å². The molecule has 1 spiro atoms. The lowest BCUT2D eigenvalue weighted by Gasteiger charge is -2.44. The second-order valence-electron chi connectivity index (χ2n) is 8.16. The summed E-state index contributed by atoms with van der Waals surface area (Å²) in [7, 11) is 0. The van der Waals surface area contributed by atoms with Gasteiger partial charge in [0.2, 0.25) is 5.79 Å². The zero-order valence-electron chi connectivity index (χ0n) is 21.7. The fourth-order valence-corrected chi connectivity index (χ4v) is 4.82. The molecule has 0 amide bonds. The molecule has 4 heterocycles. The number of halogens is 3. The second-order valence-corrected chi connectivity index (χ2v) is 8.63. The van der Waals surface area contributed by atoms with Gasteiger partial charge in [-0.1, -0.05) is 32.9 Å². The molecule has 0 radical (unpaired) electrons. The predicted molar refractivity (Wildman–Crippen MR) is 136 cm³/mol. The number of hydrogen-bond donors (Lipinski definition) is 0. The molecule has 0 aliphatic carbocycles. The van der Waals surface area contributed by atoms with Gasteiger partial charge in [0.05, 0.1) is 23.1 Å². The summed E-state index contributed by atoms with van der Waals surface area (Å²) in [4.78, 5) is 11.1. The van der Waals surface area contributed by atoms with Crippen molar-refractivity contribution in [2.45, 2.75) is 72.8 Å². The normalized spacial score (nSPS) is 16.3. The molecule has 8 nitrogen and oxygen atoms in total. The Balaban J connectivity index is 0.000000907. The standard InChI is InChI=1S/C21H18F3N5O3S.2C2H6/c1-11-15-8-13(9-21(22,23)24)7-14(10-25)17(15)27-18(16(11)19-26-12(2)28-30-19)29-5-3-20(4-6-29)31-33-32-20;2*1-2/h7-8H,3-6,9H2,1-2H3;2*1-2H3. The third-order valence-electron chi connectivity index (χ3n) is 5.85. The van der Waals surface area contributed by atoms with Crippen molar-refractivity contribution < 1.29 is 26.1 Å². The molecular weight excluding hydrogens is 507 g/mol. The largest absolute Gasteiger partial charge is 0.393 e. The van der Waals surface area contributed by atoms with Crippen LogP contribution in [0.15, 0.2) is 16.7 Å². The molecule has 0 unspecified atom stereocenters. The monoisotopic (exact) mass is 537 g/mol. The Morgan fingerprint density at radius 2 is 1.73 bits per heavy atom. The summed E-state index contributed by atoms with van der Waals surface area (Å²) >= 11 is 0.973. The van der Waals surface area contributed by atoms with Gasteiger partial charge in [-0.05, 0) is 37.1 Å². The van der Waals surface area contributed by atoms with Gasteiger partial charge in [-0.2, -0.15) is 23.4 Å². The van der Waals surface area contributed by atoms with Crippen LogP contribution in [0.2, 0.25) is 0 Å². The zero-order valence-corrected chi connectivity index (χ0v) is 22.5. The lowest BCUT2D eigenvalue weighted by Crippen LogP contribution is -2.50. The first-order chi connectivity index (χ1) is 17.7. The first kappa shape index (κ1) is 28.7. The number of fused-ring (bicyclic) bond motifs is 1. The molecule has 12 heteroatoms. The van der Waals surface area contributed by atoms with Crippen LogP contribution in [0.3, 0.4) is 0 Å². The lowest BCUT2D eigenvalue weighted by molar-refractivity contribution is -0.170. The van der Waals surface area contributed by atoms with Crippen molar-refractivity contribution in [3.05, 3.63) is 34.6 Å². The van der Waals surface area contributed by atoms with Crippen LogP contribution in [0, 0.1) is 25.2 Å². The van der Waals surface area contributed by atoms with Crippen LogP contribution in [0.4, 0.5) is 19.0 Å². The number of rotatable bonds is 3. The average Bonchev–Trinajstić information content (AvgIpc) is 3.30. The third kappa shape index (κ3) is 6.00. The van der Waals surface area contributed by atoms with Gasteiger partial charge in [-0.15, -0.1) is 0 Å². The highest BCUT2D eigenvalue weighted by Gasteiger charge is 2.45. The first-order valence-electron chi connectivity index (χ1n) is 12.2. The van der Waals surface area contributed by atoms with Gasteiger partial charge in [-0.25, -0.2) is 4.98 Å². The summed E-state index contributed by atoms with van der Waals surface area (Å²) in [5.41, 5.74) is 1.57. The SMILES string of the molecule is CC.CC.Cc1noc(-c2c(N3CCC4(CC3)OSO4)nc3c(C#N)cc(CC(F)(F)F)cc3c2C)n1. The van der Waals surface area contributed by atoms with Crippen LogP contribution in [0.25, 0.3) is 22.4 Å². The number of benzene rings is 1. The number of pyridine rings is 1. The molecule has 0 saturated carbocycles. The fourth-order valence-electron chi connectivity index (χ4n) is 4.22. The van der Waals surface area contributed by atoms with Crippen molar-refractivity contribution in [2.24, 2.45) is 0 Å². The molecule has 0 N–H and O–H groups in total. The second kappa shape index (κ2) is 11.7. The fraction of sp³-hybridized carbons (Fsp3) is 0.520.